The zero-order valence-electron chi connectivity index (χ0n) is 20.7. The van der Waals surface area contributed by atoms with Crippen LogP contribution in [0.2, 0.25) is 0 Å². The summed E-state index contributed by atoms with van der Waals surface area (Å²) >= 11 is 0. The minimum Gasteiger partial charge on any atom is -0.497 e. The van der Waals surface area contributed by atoms with Crippen molar-refractivity contribution in [1.29, 1.82) is 0 Å². The molecule has 0 aromatic heterocycles. The highest BCUT2D eigenvalue weighted by Crippen LogP contribution is 2.30. The van der Waals surface area contributed by atoms with Gasteiger partial charge in [-0.3, -0.25) is 9.80 Å². The van der Waals surface area contributed by atoms with Gasteiger partial charge in [0.05, 0.1) is 20.3 Å². The topological polar surface area (TPSA) is 54.4 Å². The van der Waals surface area contributed by atoms with Crippen LogP contribution in [-0.2, 0) is 6.42 Å². The van der Waals surface area contributed by atoms with Gasteiger partial charge in [-0.15, -0.1) is 0 Å². The van der Waals surface area contributed by atoms with Gasteiger partial charge >= 0.3 is 0 Å². The first-order chi connectivity index (χ1) is 17.2. The van der Waals surface area contributed by atoms with Crippen molar-refractivity contribution in [3.05, 3.63) is 89.5 Å². The van der Waals surface area contributed by atoms with Crippen LogP contribution in [0.5, 0.6) is 17.2 Å². The fourth-order valence-corrected chi connectivity index (χ4v) is 4.53. The summed E-state index contributed by atoms with van der Waals surface area (Å²) in [4.78, 5) is 4.73. The average Bonchev–Trinajstić information content (AvgIpc) is 2.91. The molecule has 1 fully saturated rings. The molecule has 0 saturated carbocycles. The van der Waals surface area contributed by atoms with Crippen LogP contribution >= 0.6 is 0 Å². The van der Waals surface area contributed by atoms with Crippen LogP contribution in [-0.4, -0.2) is 75.0 Å². The fourth-order valence-electron chi connectivity index (χ4n) is 4.53. The Morgan fingerprint density at radius 3 is 2.26 bits per heavy atom. The Balaban J connectivity index is 1.23. The van der Waals surface area contributed by atoms with Crippen molar-refractivity contribution < 1.29 is 19.3 Å². The molecule has 6 nitrogen and oxygen atoms in total. The quantitative estimate of drug-likeness (QED) is 0.451. The maximum Gasteiger partial charge on any atom is 0.124 e. The number of nitrogens with zero attached hydrogens (tertiary/aromatic N) is 2. The molecule has 4 rings (SSSR count). The summed E-state index contributed by atoms with van der Waals surface area (Å²) in [5.41, 5.74) is 3.26. The van der Waals surface area contributed by atoms with Crippen LogP contribution in [0.1, 0.15) is 22.8 Å². The maximum atomic E-state index is 10.9. The highest BCUT2D eigenvalue weighted by molar-refractivity contribution is 5.42. The lowest BCUT2D eigenvalue weighted by Crippen LogP contribution is -2.48. The molecule has 1 heterocycles. The van der Waals surface area contributed by atoms with E-state index in [-0.39, 0.29) is 0 Å². The molecule has 0 amide bonds. The zero-order chi connectivity index (χ0) is 24.5. The van der Waals surface area contributed by atoms with Gasteiger partial charge in [0.15, 0.2) is 0 Å². The molecule has 186 valence electrons. The standard InChI is InChI=1S/C29H36N2O4/c1-33-25-12-13-29(34-2)26(21-25)27(32)22-31-16-14-30(15-17-31)18-19-35-28-11-7-6-10-24(28)20-23-8-4-3-5-9-23/h3-13,21,27,32H,14-20,22H2,1-2H3. The van der Waals surface area contributed by atoms with Crippen LogP contribution in [0, 0.1) is 0 Å². The number of benzene rings is 3. The zero-order valence-corrected chi connectivity index (χ0v) is 20.7. The molecular weight excluding hydrogens is 440 g/mol. The first-order valence-corrected chi connectivity index (χ1v) is 12.3. The van der Waals surface area contributed by atoms with Crippen molar-refractivity contribution in [2.45, 2.75) is 12.5 Å². The van der Waals surface area contributed by atoms with Crippen LogP contribution in [0.4, 0.5) is 0 Å². The number of aliphatic hydroxyl groups is 1. The van der Waals surface area contributed by atoms with Crippen LogP contribution in [0.3, 0.4) is 0 Å². The van der Waals surface area contributed by atoms with Crippen molar-refractivity contribution in [1.82, 2.24) is 9.80 Å². The van der Waals surface area contributed by atoms with Gasteiger partial charge in [-0.05, 0) is 35.4 Å². The van der Waals surface area contributed by atoms with Gasteiger partial charge in [0, 0.05) is 51.3 Å². The van der Waals surface area contributed by atoms with Gasteiger partial charge in [0.1, 0.15) is 23.9 Å². The van der Waals surface area contributed by atoms with E-state index in [1.807, 2.05) is 30.3 Å². The van der Waals surface area contributed by atoms with E-state index in [1.54, 1.807) is 14.2 Å². The largest absolute Gasteiger partial charge is 0.497 e. The lowest BCUT2D eigenvalue weighted by molar-refractivity contribution is 0.0664. The molecule has 1 saturated heterocycles. The van der Waals surface area contributed by atoms with E-state index in [0.717, 1.165) is 56.2 Å². The normalized spacial score (nSPS) is 15.5. The Bertz CT molecular complexity index is 1050. The monoisotopic (exact) mass is 476 g/mol. The van der Waals surface area contributed by atoms with E-state index in [1.165, 1.54) is 11.1 Å². The predicted molar refractivity (Wildman–Crippen MR) is 139 cm³/mol. The molecule has 0 aliphatic carbocycles. The van der Waals surface area contributed by atoms with Crippen LogP contribution in [0.25, 0.3) is 0 Å². The molecule has 3 aromatic rings. The first-order valence-electron chi connectivity index (χ1n) is 12.3. The SMILES string of the molecule is COc1ccc(OC)c(C(O)CN2CCN(CCOc3ccccc3Cc3ccccc3)CC2)c1. The molecule has 1 aliphatic rings. The Labute approximate surface area is 208 Å². The first kappa shape index (κ1) is 25.0. The summed E-state index contributed by atoms with van der Waals surface area (Å²) in [5.74, 6) is 2.36. The summed E-state index contributed by atoms with van der Waals surface area (Å²) in [6.07, 6.45) is 0.242. The summed E-state index contributed by atoms with van der Waals surface area (Å²) in [6, 6.07) is 24.3. The number of β-amino-alcohol motifs (C(OH)–C–C–N with tert-alkyl or cyclic N) is 1. The van der Waals surface area contributed by atoms with Crippen molar-refractivity contribution in [3.8, 4) is 17.2 Å². The summed E-state index contributed by atoms with van der Waals surface area (Å²) in [5, 5.41) is 10.9. The van der Waals surface area contributed by atoms with Gasteiger partial charge in [0.25, 0.3) is 0 Å². The van der Waals surface area contributed by atoms with Gasteiger partial charge in [0.2, 0.25) is 0 Å². The van der Waals surface area contributed by atoms with E-state index >= 15 is 0 Å². The number of piperazine rings is 1. The Kier molecular flexibility index (Phi) is 9.01. The summed E-state index contributed by atoms with van der Waals surface area (Å²) in [6.45, 7) is 5.85. The van der Waals surface area contributed by atoms with Crippen LogP contribution in [0.15, 0.2) is 72.8 Å². The van der Waals surface area contributed by atoms with Crippen molar-refractivity contribution in [3.63, 3.8) is 0 Å². The van der Waals surface area contributed by atoms with Crippen LogP contribution < -0.4 is 14.2 Å². The smallest absolute Gasteiger partial charge is 0.124 e. The number of ether oxygens (including phenoxy) is 3. The van der Waals surface area contributed by atoms with Gasteiger partial charge < -0.3 is 19.3 Å². The minimum absolute atomic E-state index is 0.570. The Hall–Kier alpha value is -3.06. The Morgan fingerprint density at radius 1 is 0.800 bits per heavy atom. The van der Waals surface area contributed by atoms with Crippen molar-refractivity contribution in [2.24, 2.45) is 0 Å². The second-order valence-corrected chi connectivity index (χ2v) is 8.88. The molecule has 0 spiro atoms. The van der Waals surface area contributed by atoms with E-state index in [4.69, 9.17) is 14.2 Å². The molecule has 3 aromatic carbocycles. The highest BCUT2D eigenvalue weighted by atomic mass is 16.5. The molecular formula is C29H36N2O4. The number of rotatable bonds is 11. The number of para-hydroxylation sites is 1. The summed E-state index contributed by atoms with van der Waals surface area (Å²) in [7, 11) is 3.25. The third-order valence-corrected chi connectivity index (χ3v) is 6.57. The van der Waals surface area contributed by atoms with E-state index in [2.05, 4.69) is 52.3 Å². The molecule has 1 atom stereocenters. The third kappa shape index (κ3) is 6.98. The van der Waals surface area contributed by atoms with Gasteiger partial charge in [-0.2, -0.15) is 0 Å². The molecule has 0 bridgehead atoms. The van der Waals surface area contributed by atoms with E-state index < -0.39 is 6.10 Å². The minimum atomic E-state index is -0.629. The molecule has 0 radical (unpaired) electrons. The lowest BCUT2D eigenvalue weighted by Gasteiger charge is -2.35. The third-order valence-electron chi connectivity index (χ3n) is 6.57. The predicted octanol–water partition coefficient (Wildman–Crippen LogP) is 4.02. The van der Waals surface area contributed by atoms with E-state index in [9.17, 15) is 5.11 Å². The number of hydrogen-bond donors (Lipinski definition) is 1. The lowest BCUT2D eigenvalue weighted by atomic mass is 10.0. The fraction of sp³-hybridized carbons (Fsp3) is 0.379. The number of methoxy groups -OCH3 is 2. The molecule has 1 unspecified atom stereocenters. The highest BCUT2D eigenvalue weighted by Gasteiger charge is 2.22. The van der Waals surface area contributed by atoms with Gasteiger partial charge in [-0.1, -0.05) is 48.5 Å². The van der Waals surface area contributed by atoms with Crippen molar-refractivity contribution in [2.75, 3.05) is 60.1 Å². The van der Waals surface area contributed by atoms with Gasteiger partial charge in [-0.25, -0.2) is 0 Å². The number of aliphatic hydroxyl groups excluding tert-OH is 1. The second kappa shape index (κ2) is 12.6. The molecule has 6 heteroatoms. The Morgan fingerprint density at radius 2 is 1.51 bits per heavy atom. The van der Waals surface area contributed by atoms with Crippen molar-refractivity contribution >= 4 is 0 Å². The average molecular weight is 477 g/mol. The maximum absolute atomic E-state index is 10.9. The molecule has 1 N–H and O–H groups in total. The second-order valence-electron chi connectivity index (χ2n) is 8.88. The summed E-state index contributed by atoms with van der Waals surface area (Å²) < 4.78 is 16.9. The van der Waals surface area contributed by atoms with E-state index in [0.29, 0.717) is 18.9 Å². The number of hydrogen-bond acceptors (Lipinski definition) is 6. The molecule has 35 heavy (non-hydrogen) atoms. The molecule has 1 aliphatic heterocycles.